The lowest BCUT2D eigenvalue weighted by Gasteiger charge is -2.36. The minimum Gasteiger partial charge on any atom is -0.494 e. The van der Waals surface area contributed by atoms with Gasteiger partial charge in [0.25, 0.3) is 0 Å². The summed E-state index contributed by atoms with van der Waals surface area (Å²) >= 11 is 7.89. The van der Waals surface area contributed by atoms with E-state index in [2.05, 4.69) is 39.0 Å². The number of halogens is 1. The number of fused-ring (bicyclic) bond motifs is 2. The molecule has 0 spiro atoms. The van der Waals surface area contributed by atoms with Gasteiger partial charge < -0.3 is 14.6 Å². The Morgan fingerprint density at radius 1 is 1.00 bits per heavy atom. The molecule has 7 heteroatoms. The number of aromatic nitrogens is 1. The van der Waals surface area contributed by atoms with E-state index in [4.69, 9.17) is 16.3 Å². The lowest BCUT2D eigenvalue weighted by atomic mass is 10.2. The molecule has 0 saturated carbocycles. The van der Waals surface area contributed by atoms with Gasteiger partial charge in [-0.15, -0.1) is 11.3 Å². The summed E-state index contributed by atoms with van der Waals surface area (Å²) in [6, 6.07) is 17.8. The lowest BCUT2D eigenvalue weighted by Crippen LogP contribution is -2.46. The quantitative estimate of drug-likeness (QED) is 0.371. The summed E-state index contributed by atoms with van der Waals surface area (Å²) in [5.41, 5.74) is 2.02. The van der Waals surface area contributed by atoms with Crippen LogP contribution in [0.5, 0.6) is 5.75 Å². The second-order valence-corrected chi connectivity index (χ2v) is 9.91. The van der Waals surface area contributed by atoms with E-state index in [0.717, 1.165) is 66.6 Å². The standard InChI is InChI=1S/C25H26ClN3O2S/c26-24-17-20-22(4-3-5-23(20)32-24)29-13-11-28(12-14-29)10-1-2-15-31-19-8-6-18-7-9-25(30)27-21(18)16-19/h3-9,16-17H,1-2,10-15H2,(H,27,30). The number of hydrogen-bond donors (Lipinski definition) is 1. The van der Waals surface area contributed by atoms with Crippen LogP contribution in [0.25, 0.3) is 21.0 Å². The van der Waals surface area contributed by atoms with E-state index in [0.29, 0.717) is 6.61 Å². The van der Waals surface area contributed by atoms with Gasteiger partial charge in [0.2, 0.25) is 5.56 Å². The number of nitrogens with one attached hydrogen (secondary N) is 1. The highest BCUT2D eigenvalue weighted by atomic mass is 35.5. The number of hydrogen-bond acceptors (Lipinski definition) is 5. The minimum atomic E-state index is -0.0921. The third-order valence-corrected chi connectivity index (χ3v) is 7.28. The summed E-state index contributed by atoms with van der Waals surface area (Å²) in [5.74, 6) is 0.802. The van der Waals surface area contributed by atoms with Crippen molar-refractivity contribution in [3.8, 4) is 5.75 Å². The SMILES string of the molecule is O=c1ccc2ccc(OCCCCN3CCN(c4cccc5sc(Cl)cc45)CC3)cc2[nH]1. The number of benzene rings is 2. The zero-order chi connectivity index (χ0) is 21.9. The van der Waals surface area contributed by atoms with Gasteiger partial charge in [-0.3, -0.25) is 9.69 Å². The predicted octanol–water partition coefficient (Wildman–Crippen LogP) is 5.38. The molecule has 0 unspecified atom stereocenters. The van der Waals surface area contributed by atoms with E-state index in [1.54, 1.807) is 17.4 Å². The van der Waals surface area contributed by atoms with Crippen molar-refractivity contribution in [2.24, 2.45) is 0 Å². The fraction of sp³-hybridized carbons (Fsp3) is 0.320. The number of unbranched alkanes of at least 4 members (excludes halogenated alkanes) is 1. The fourth-order valence-corrected chi connectivity index (χ4v) is 5.51. The second kappa shape index (κ2) is 9.53. The molecule has 5 rings (SSSR count). The Morgan fingerprint density at radius 2 is 1.84 bits per heavy atom. The van der Waals surface area contributed by atoms with E-state index in [-0.39, 0.29) is 5.56 Å². The second-order valence-electron chi connectivity index (χ2n) is 8.20. The summed E-state index contributed by atoms with van der Waals surface area (Å²) in [6.45, 7) is 6.01. The van der Waals surface area contributed by atoms with Gasteiger partial charge in [0.15, 0.2) is 0 Å². The maximum Gasteiger partial charge on any atom is 0.248 e. The summed E-state index contributed by atoms with van der Waals surface area (Å²) in [6.07, 6.45) is 2.12. The Morgan fingerprint density at radius 3 is 2.72 bits per heavy atom. The highest BCUT2D eigenvalue weighted by Crippen LogP contribution is 2.36. The first-order chi connectivity index (χ1) is 15.7. The maximum atomic E-state index is 11.5. The van der Waals surface area contributed by atoms with Gasteiger partial charge in [0, 0.05) is 54.1 Å². The van der Waals surface area contributed by atoms with E-state index in [1.807, 2.05) is 24.3 Å². The zero-order valence-corrected chi connectivity index (χ0v) is 19.4. The minimum absolute atomic E-state index is 0.0921. The fourth-order valence-electron chi connectivity index (χ4n) is 4.35. The van der Waals surface area contributed by atoms with Crippen molar-refractivity contribution in [1.29, 1.82) is 0 Å². The molecular weight excluding hydrogens is 442 g/mol. The number of nitrogens with zero attached hydrogens (tertiary/aromatic N) is 2. The largest absolute Gasteiger partial charge is 0.494 e. The molecule has 5 nitrogen and oxygen atoms in total. The summed E-state index contributed by atoms with van der Waals surface area (Å²) in [7, 11) is 0. The van der Waals surface area contributed by atoms with Crippen LogP contribution < -0.4 is 15.2 Å². The molecule has 1 aliphatic rings. The van der Waals surface area contributed by atoms with Gasteiger partial charge in [-0.05, 0) is 61.2 Å². The molecule has 1 aliphatic heterocycles. The van der Waals surface area contributed by atoms with E-state index in [1.165, 1.54) is 15.8 Å². The number of piperazine rings is 1. The van der Waals surface area contributed by atoms with Crippen molar-refractivity contribution < 1.29 is 4.74 Å². The molecule has 1 fully saturated rings. The number of H-pyrrole nitrogens is 1. The van der Waals surface area contributed by atoms with Crippen LogP contribution in [0, 0.1) is 0 Å². The van der Waals surface area contributed by atoms with E-state index >= 15 is 0 Å². The highest BCUT2D eigenvalue weighted by Gasteiger charge is 2.19. The number of ether oxygens (including phenoxy) is 1. The Labute approximate surface area is 196 Å². The smallest absolute Gasteiger partial charge is 0.248 e. The maximum absolute atomic E-state index is 11.5. The van der Waals surface area contributed by atoms with Crippen LogP contribution >= 0.6 is 22.9 Å². The molecule has 166 valence electrons. The van der Waals surface area contributed by atoms with Gasteiger partial charge in [-0.25, -0.2) is 0 Å². The topological polar surface area (TPSA) is 48.6 Å². The highest BCUT2D eigenvalue weighted by molar-refractivity contribution is 7.22. The Bertz CT molecular complexity index is 1280. The zero-order valence-electron chi connectivity index (χ0n) is 17.9. The Kier molecular flexibility index (Phi) is 6.35. The predicted molar refractivity (Wildman–Crippen MR) is 135 cm³/mol. The molecule has 2 aromatic carbocycles. The average Bonchev–Trinajstić information content (AvgIpc) is 3.19. The third-order valence-electron chi connectivity index (χ3n) is 6.06. The monoisotopic (exact) mass is 467 g/mol. The molecule has 0 atom stereocenters. The number of anilines is 1. The van der Waals surface area contributed by atoms with Gasteiger partial charge >= 0.3 is 0 Å². The molecule has 1 N–H and O–H groups in total. The van der Waals surface area contributed by atoms with Crippen molar-refractivity contribution in [3.05, 3.63) is 69.3 Å². The van der Waals surface area contributed by atoms with Crippen LogP contribution in [0.3, 0.4) is 0 Å². The normalized spacial score (nSPS) is 15.0. The van der Waals surface area contributed by atoms with Crippen molar-refractivity contribution in [1.82, 2.24) is 9.88 Å². The van der Waals surface area contributed by atoms with Crippen LogP contribution in [0.2, 0.25) is 4.34 Å². The van der Waals surface area contributed by atoms with Crippen LogP contribution in [0.1, 0.15) is 12.8 Å². The van der Waals surface area contributed by atoms with Crippen molar-refractivity contribution in [2.75, 3.05) is 44.2 Å². The van der Waals surface area contributed by atoms with Gasteiger partial charge in [-0.2, -0.15) is 0 Å². The first kappa shape index (κ1) is 21.3. The molecule has 4 aromatic rings. The van der Waals surface area contributed by atoms with Crippen molar-refractivity contribution in [3.63, 3.8) is 0 Å². The van der Waals surface area contributed by atoms with Gasteiger partial charge in [-0.1, -0.05) is 17.7 Å². The molecule has 32 heavy (non-hydrogen) atoms. The number of thiophene rings is 1. The lowest BCUT2D eigenvalue weighted by molar-refractivity contribution is 0.239. The summed E-state index contributed by atoms with van der Waals surface area (Å²) < 4.78 is 8.01. The van der Waals surface area contributed by atoms with E-state index in [9.17, 15) is 4.79 Å². The molecule has 3 heterocycles. The summed E-state index contributed by atoms with van der Waals surface area (Å²) in [4.78, 5) is 19.4. The Balaban J connectivity index is 1.06. The number of aromatic amines is 1. The van der Waals surface area contributed by atoms with Crippen LogP contribution in [0.4, 0.5) is 5.69 Å². The number of pyridine rings is 1. The molecule has 0 radical (unpaired) electrons. The van der Waals surface area contributed by atoms with Crippen molar-refractivity contribution >= 4 is 49.6 Å². The molecule has 0 bridgehead atoms. The van der Waals surface area contributed by atoms with Gasteiger partial charge in [0.1, 0.15) is 5.75 Å². The first-order valence-corrected chi connectivity index (χ1v) is 12.3. The molecule has 1 saturated heterocycles. The number of rotatable bonds is 7. The molecule has 0 aliphatic carbocycles. The first-order valence-electron chi connectivity index (χ1n) is 11.1. The molecular formula is C25H26ClN3O2S. The van der Waals surface area contributed by atoms with Crippen LogP contribution in [-0.4, -0.2) is 49.2 Å². The average molecular weight is 468 g/mol. The molecule has 2 aromatic heterocycles. The summed E-state index contributed by atoms with van der Waals surface area (Å²) in [5, 5.41) is 2.28. The van der Waals surface area contributed by atoms with Crippen molar-refractivity contribution in [2.45, 2.75) is 12.8 Å². The van der Waals surface area contributed by atoms with E-state index < -0.39 is 0 Å². The Hall–Kier alpha value is -2.54. The molecule has 0 amide bonds. The van der Waals surface area contributed by atoms with Crippen LogP contribution in [-0.2, 0) is 0 Å². The van der Waals surface area contributed by atoms with Gasteiger partial charge in [0.05, 0.1) is 16.5 Å². The third kappa shape index (κ3) is 4.77. The van der Waals surface area contributed by atoms with Crippen LogP contribution in [0.15, 0.2) is 59.4 Å².